The fourth-order valence-electron chi connectivity index (χ4n) is 2.45. The fraction of sp³-hybridized carbons (Fsp3) is 1.00. The Morgan fingerprint density at radius 3 is 3.00 bits per heavy atom. The van der Waals surface area contributed by atoms with E-state index >= 15 is 0 Å². The van der Waals surface area contributed by atoms with Crippen LogP contribution in [0.4, 0.5) is 0 Å². The Hall–Kier alpha value is -0.120. The van der Waals surface area contributed by atoms with Gasteiger partial charge in [-0.1, -0.05) is 13.8 Å². The number of nitrogens with zero attached hydrogens (tertiary/aromatic N) is 1. The summed E-state index contributed by atoms with van der Waals surface area (Å²) in [6.45, 7) is 10.1. The molecule has 1 N–H and O–H groups in total. The molecule has 2 unspecified atom stereocenters. The molecule has 1 saturated heterocycles. The summed E-state index contributed by atoms with van der Waals surface area (Å²) in [5, 5.41) is 3.24. The standard InChI is InChI=1S/C13H28N2O/c1-4-8-16-13-6-5-7-15(11-13)10-12(2)9-14-3/h12-14H,4-11H2,1-3H3. The number of nitrogens with one attached hydrogen (secondary N) is 1. The van der Waals surface area contributed by atoms with Gasteiger partial charge in [0, 0.05) is 19.7 Å². The third kappa shape index (κ3) is 5.28. The average Bonchev–Trinajstić information content (AvgIpc) is 2.27. The molecule has 96 valence electrons. The van der Waals surface area contributed by atoms with Gasteiger partial charge in [0.25, 0.3) is 0 Å². The van der Waals surface area contributed by atoms with Crippen molar-refractivity contribution in [1.29, 1.82) is 0 Å². The quantitative estimate of drug-likeness (QED) is 0.718. The number of likely N-dealkylation sites (tertiary alicyclic amines) is 1. The van der Waals surface area contributed by atoms with Gasteiger partial charge in [0.15, 0.2) is 0 Å². The topological polar surface area (TPSA) is 24.5 Å². The van der Waals surface area contributed by atoms with Crippen LogP contribution in [0.2, 0.25) is 0 Å². The molecule has 0 radical (unpaired) electrons. The summed E-state index contributed by atoms with van der Waals surface area (Å²) in [6.07, 6.45) is 4.15. The first-order valence-corrected chi connectivity index (χ1v) is 6.74. The molecule has 2 atom stereocenters. The first-order valence-electron chi connectivity index (χ1n) is 6.74. The van der Waals surface area contributed by atoms with E-state index in [9.17, 15) is 0 Å². The van der Waals surface area contributed by atoms with Crippen LogP contribution in [0.3, 0.4) is 0 Å². The largest absolute Gasteiger partial charge is 0.377 e. The predicted octanol–water partition coefficient (Wildman–Crippen LogP) is 1.73. The summed E-state index contributed by atoms with van der Waals surface area (Å²) >= 11 is 0. The van der Waals surface area contributed by atoms with E-state index in [0.717, 1.165) is 32.0 Å². The molecule has 0 aromatic heterocycles. The highest BCUT2D eigenvalue weighted by molar-refractivity contribution is 4.75. The molecule has 1 aliphatic heterocycles. The lowest BCUT2D eigenvalue weighted by Crippen LogP contribution is -2.42. The third-order valence-corrected chi connectivity index (χ3v) is 3.14. The Labute approximate surface area is 101 Å². The molecule has 0 bridgehead atoms. The van der Waals surface area contributed by atoms with Crippen molar-refractivity contribution in [2.45, 2.75) is 39.2 Å². The second kappa shape index (κ2) is 8.04. The minimum Gasteiger partial charge on any atom is -0.377 e. The van der Waals surface area contributed by atoms with Crippen molar-refractivity contribution < 1.29 is 4.74 Å². The van der Waals surface area contributed by atoms with Gasteiger partial charge in [-0.05, 0) is 45.3 Å². The molecule has 1 aliphatic rings. The third-order valence-electron chi connectivity index (χ3n) is 3.14. The van der Waals surface area contributed by atoms with Crippen LogP contribution in [0.25, 0.3) is 0 Å². The van der Waals surface area contributed by atoms with Gasteiger partial charge in [-0.15, -0.1) is 0 Å². The second-order valence-corrected chi connectivity index (χ2v) is 5.06. The molecule has 1 fully saturated rings. The van der Waals surface area contributed by atoms with Crippen molar-refractivity contribution in [3.05, 3.63) is 0 Å². The summed E-state index contributed by atoms with van der Waals surface area (Å²) in [5.41, 5.74) is 0. The number of ether oxygens (including phenoxy) is 1. The molecular formula is C13H28N2O. The van der Waals surface area contributed by atoms with Crippen LogP contribution < -0.4 is 5.32 Å². The Bertz CT molecular complexity index is 175. The molecule has 1 heterocycles. The molecule has 16 heavy (non-hydrogen) atoms. The van der Waals surface area contributed by atoms with Gasteiger partial charge in [0.2, 0.25) is 0 Å². The molecule has 1 rings (SSSR count). The maximum Gasteiger partial charge on any atom is 0.0702 e. The summed E-state index contributed by atoms with van der Waals surface area (Å²) in [4.78, 5) is 2.56. The van der Waals surface area contributed by atoms with E-state index in [2.05, 4.69) is 24.1 Å². The van der Waals surface area contributed by atoms with Gasteiger partial charge >= 0.3 is 0 Å². The zero-order valence-electron chi connectivity index (χ0n) is 11.2. The normalized spacial score (nSPS) is 24.6. The molecule has 3 nitrogen and oxygen atoms in total. The lowest BCUT2D eigenvalue weighted by molar-refractivity contribution is -0.00316. The summed E-state index contributed by atoms with van der Waals surface area (Å²) in [7, 11) is 2.03. The fourth-order valence-corrected chi connectivity index (χ4v) is 2.45. The maximum absolute atomic E-state index is 5.85. The molecular weight excluding hydrogens is 200 g/mol. The minimum absolute atomic E-state index is 0.482. The van der Waals surface area contributed by atoms with E-state index in [1.807, 2.05) is 7.05 Å². The maximum atomic E-state index is 5.85. The average molecular weight is 228 g/mol. The van der Waals surface area contributed by atoms with Crippen LogP contribution in [0.5, 0.6) is 0 Å². The Balaban J connectivity index is 2.21. The summed E-state index contributed by atoms with van der Waals surface area (Å²) < 4.78 is 5.85. The van der Waals surface area contributed by atoms with E-state index < -0.39 is 0 Å². The Morgan fingerprint density at radius 2 is 2.31 bits per heavy atom. The number of piperidine rings is 1. The zero-order chi connectivity index (χ0) is 11.8. The van der Waals surface area contributed by atoms with E-state index in [1.54, 1.807) is 0 Å². The predicted molar refractivity (Wildman–Crippen MR) is 68.8 cm³/mol. The lowest BCUT2D eigenvalue weighted by atomic mass is 10.1. The van der Waals surface area contributed by atoms with Gasteiger partial charge < -0.3 is 15.0 Å². The van der Waals surface area contributed by atoms with Gasteiger partial charge in [-0.2, -0.15) is 0 Å². The number of rotatable bonds is 7. The lowest BCUT2D eigenvalue weighted by Gasteiger charge is -2.34. The van der Waals surface area contributed by atoms with Crippen molar-refractivity contribution >= 4 is 0 Å². The molecule has 0 spiro atoms. The van der Waals surface area contributed by atoms with Gasteiger partial charge in [0.05, 0.1) is 6.10 Å². The molecule has 0 aliphatic carbocycles. The van der Waals surface area contributed by atoms with Crippen LogP contribution in [0, 0.1) is 5.92 Å². The van der Waals surface area contributed by atoms with Crippen LogP contribution in [-0.2, 0) is 4.74 Å². The summed E-state index contributed by atoms with van der Waals surface area (Å²) in [5.74, 6) is 0.731. The van der Waals surface area contributed by atoms with E-state index in [-0.39, 0.29) is 0 Å². The van der Waals surface area contributed by atoms with Crippen LogP contribution in [0.1, 0.15) is 33.1 Å². The van der Waals surface area contributed by atoms with Gasteiger partial charge in [-0.25, -0.2) is 0 Å². The minimum atomic E-state index is 0.482. The van der Waals surface area contributed by atoms with Gasteiger partial charge in [0.1, 0.15) is 0 Å². The second-order valence-electron chi connectivity index (χ2n) is 5.06. The van der Waals surface area contributed by atoms with Crippen molar-refractivity contribution in [2.24, 2.45) is 5.92 Å². The SMILES string of the molecule is CCCOC1CCCN(CC(C)CNC)C1. The smallest absolute Gasteiger partial charge is 0.0702 e. The zero-order valence-corrected chi connectivity index (χ0v) is 11.2. The Kier molecular flexibility index (Phi) is 7.01. The van der Waals surface area contributed by atoms with Crippen LogP contribution >= 0.6 is 0 Å². The van der Waals surface area contributed by atoms with Crippen molar-refractivity contribution in [2.75, 3.05) is 39.8 Å². The number of hydrogen-bond donors (Lipinski definition) is 1. The molecule has 0 amide bonds. The molecule has 3 heteroatoms. The van der Waals surface area contributed by atoms with Crippen LogP contribution in [-0.4, -0.2) is 50.8 Å². The van der Waals surface area contributed by atoms with E-state index in [0.29, 0.717) is 6.10 Å². The Morgan fingerprint density at radius 1 is 1.50 bits per heavy atom. The van der Waals surface area contributed by atoms with Crippen LogP contribution in [0.15, 0.2) is 0 Å². The van der Waals surface area contributed by atoms with E-state index in [4.69, 9.17) is 4.74 Å². The van der Waals surface area contributed by atoms with Gasteiger partial charge in [-0.3, -0.25) is 0 Å². The van der Waals surface area contributed by atoms with E-state index in [1.165, 1.54) is 25.9 Å². The monoisotopic (exact) mass is 228 g/mol. The molecule has 0 aromatic rings. The first kappa shape index (κ1) is 13.9. The van der Waals surface area contributed by atoms with Crippen molar-refractivity contribution in [3.8, 4) is 0 Å². The molecule has 0 aromatic carbocycles. The highest BCUT2D eigenvalue weighted by Crippen LogP contribution is 2.14. The summed E-state index contributed by atoms with van der Waals surface area (Å²) in [6, 6.07) is 0. The highest BCUT2D eigenvalue weighted by Gasteiger charge is 2.21. The molecule has 0 saturated carbocycles. The highest BCUT2D eigenvalue weighted by atomic mass is 16.5. The first-order chi connectivity index (χ1) is 7.76. The van der Waals surface area contributed by atoms with Crippen molar-refractivity contribution in [1.82, 2.24) is 10.2 Å². The number of hydrogen-bond acceptors (Lipinski definition) is 3. The van der Waals surface area contributed by atoms with Crippen molar-refractivity contribution in [3.63, 3.8) is 0 Å².